The quantitative estimate of drug-likeness (QED) is 0.481. The van der Waals surface area contributed by atoms with Gasteiger partial charge in [0.25, 0.3) is 0 Å². The van der Waals surface area contributed by atoms with Crippen molar-refractivity contribution in [1.29, 1.82) is 0 Å². The first-order chi connectivity index (χ1) is 5.59. The SMILES string of the molecule is CCC/C=C/C(C(=O)O)C(=O)O. The van der Waals surface area contributed by atoms with E-state index in [1.165, 1.54) is 6.08 Å². The zero-order chi connectivity index (χ0) is 9.56. The number of unbranched alkanes of at least 4 members (excludes halogenated alkanes) is 1. The Bertz CT molecular complexity index is 181. The van der Waals surface area contributed by atoms with Crippen LogP contribution in [0.25, 0.3) is 0 Å². The van der Waals surface area contributed by atoms with Gasteiger partial charge in [-0.15, -0.1) is 0 Å². The molecule has 0 aliphatic carbocycles. The third-order valence-electron chi connectivity index (χ3n) is 1.32. The van der Waals surface area contributed by atoms with Gasteiger partial charge in [-0.2, -0.15) is 0 Å². The van der Waals surface area contributed by atoms with Crippen LogP contribution in [-0.4, -0.2) is 22.2 Å². The Morgan fingerprint density at radius 1 is 1.33 bits per heavy atom. The Balaban J connectivity index is 4.14. The number of rotatable bonds is 5. The second kappa shape index (κ2) is 5.35. The van der Waals surface area contributed by atoms with Crippen LogP contribution in [0.1, 0.15) is 19.8 Å². The molecular weight excluding hydrogens is 160 g/mol. The van der Waals surface area contributed by atoms with E-state index in [9.17, 15) is 9.59 Å². The van der Waals surface area contributed by atoms with Crippen LogP contribution in [0.2, 0.25) is 0 Å². The van der Waals surface area contributed by atoms with Crippen LogP contribution >= 0.6 is 0 Å². The molecule has 0 rings (SSSR count). The summed E-state index contributed by atoms with van der Waals surface area (Å²) in [5, 5.41) is 16.8. The molecule has 0 saturated carbocycles. The summed E-state index contributed by atoms with van der Waals surface area (Å²) in [5.41, 5.74) is 0. The number of carbonyl (C=O) groups is 2. The highest BCUT2D eigenvalue weighted by Gasteiger charge is 2.21. The van der Waals surface area contributed by atoms with Gasteiger partial charge in [0.05, 0.1) is 0 Å². The summed E-state index contributed by atoms with van der Waals surface area (Å²) in [4.78, 5) is 20.6. The Morgan fingerprint density at radius 2 is 1.83 bits per heavy atom. The van der Waals surface area contributed by atoms with Crippen molar-refractivity contribution in [3.8, 4) is 0 Å². The average molecular weight is 172 g/mol. The van der Waals surface area contributed by atoms with Gasteiger partial charge in [-0.3, -0.25) is 9.59 Å². The first kappa shape index (κ1) is 10.7. The number of aliphatic carboxylic acids is 2. The van der Waals surface area contributed by atoms with E-state index in [0.29, 0.717) is 6.42 Å². The summed E-state index contributed by atoms with van der Waals surface area (Å²) >= 11 is 0. The lowest BCUT2D eigenvalue weighted by Crippen LogP contribution is -2.20. The summed E-state index contributed by atoms with van der Waals surface area (Å²) < 4.78 is 0. The molecule has 2 N–H and O–H groups in total. The largest absolute Gasteiger partial charge is 0.480 e. The Labute approximate surface area is 70.5 Å². The molecule has 0 spiro atoms. The van der Waals surface area contributed by atoms with Gasteiger partial charge in [0.1, 0.15) is 0 Å². The lowest BCUT2D eigenvalue weighted by molar-refractivity contribution is -0.151. The Kier molecular flexibility index (Phi) is 4.76. The number of carboxylic acid groups (broad SMARTS) is 2. The van der Waals surface area contributed by atoms with Crippen molar-refractivity contribution in [2.45, 2.75) is 19.8 Å². The third kappa shape index (κ3) is 3.75. The summed E-state index contributed by atoms with van der Waals surface area (Å²) in [5.74, 6) is -4.05. The highest BCUT2D eigenvalue weighted by Crippen LogP contribution is 2.01. The molecule has 68 valence electrons. The van der Waals surface area contributed by atoms with E-state index in [0.717, 1.165) is 6.42 Å². The number of allylic oxidation sites excluding steroid dienone is 1. The van der Waals surface area contributed by atoms with Crippen LogP contribution in [0.5, 0.6) is 0 Å². The smallest absolute Gasteiger partial charge is 0.321 e. The van der Waals surface area contributed by atoms with Crippen molar-refractivity contribution in [2.75, 3.05) is 0 Å². The first-order valence-corrected chi connectivity index (χ1v) is 3.71. The second-order valence-electron chi connectivity index (χ2n) is 2.37. The van der Waals surface area contributed by atoms with Crippen molar-refractivity contribution in [3.63, 3.8) is 0 Å². The molecule has 0 aliphatic rings. The van der Waals surface area contributed by atoms with Gasteiger partial charge in [-0.1, -0.05) is 25.5 Å². The van der Waals surface area contributed by atoms with E-state index in [1.807, 2.05) is 6.92 Å². The minimum Gasteiger partial charge on any atom is -0.480 e. The van der Waals surface area contributed by atoms with Gasteiger partial charge in [0.15, 0.2) is 5.92 Å². The minimum absolute atomic E-state index is 0.705. The van der Waals surface area contributed by atoms with Crippen molar-refractivity contribution in [2.24, 2.45) is 5.92 Å². The normalized spacial score (nSPS) is 10.8. The van der Waals surface area contributed by atoms with Gasteiger partial charge in [-0.05, 0) is 6.42 Å². The molecule has 0 bridgehead atoms. The molecule has 0 fully saturated rings. The topological polar surface area (TPSA) is 74.6 Å². The molecule has 0 aliphatic heterocycles. The average Bonchev–Trinajstić information content (AvgIpc) is 1.96. The second-order valence-corrected chi connectivity index (χ2v) is 2.37. The zero-order valence-electron chi connectivity index (χ0n) is 6.86. The highest BCUT2D eigenvalue weighted by atomic mass is 16.4. The maximum Gasteiger partial charge on any atom is 0.321 e. The standard InChI is InChI=1S/C8H12O4/c1-2-3-4-5-6(7(9)10)8(11)12/h4-6H,2-3H2,1H3,(H,9,10)(H,11,12)/b5-4+. The third-order valence-corrected chi connectivity index (χ3v) is 1.32. The summed E-state index contributed by atoms with van der Waals surface area (Å²) in [6.45, 7) is 1.93. The lowest BCUT2D eigenvalue weighted by Gasteiger charge is -1.98. The molecule has 4 heteroatoms. The molecule has 4 nitrogen and oxygen atoms in total. The molecule has 0 heterocycles. The van der Waals surface area contributed by atoms with E-state index >= 15 is 0 Å². The summed E-state index contributed by atoms with van der Waals surface area (Å²) in [6.07, 6.45) is 4.36. The fourth-order valence-electron chi connectivity index (χ4n) is 0.669. The number of carboxylic acids is 2. The van der Waals surface area contributed by atoms with Gasteiger partial charge < -0.3 is 10.2 Å². The number of hydrogen-bond donors (Lipinski definition) is 2. The molecule has 0 unspecified atom stereocenters. The summed E-state index contributed by atoms with van der Waals surface area (Å²) in [7, 11) is 0. The van der Waals surface area contributed by atoms with Crippen molar-refractivity contribution < 1.29 is 19.8 Å². The lowest BCUT2D eigenvalue weighted by atomic mass is 10.1. The monoisotopic (exact) mass is 172 g/mol. The van der Waals surface area contributed by atoms with Crippen LogP contribution in [0.4, 0.5) is 0 Å². The molecule has 0 aromatic heterocycles. The molecule has 0 aromatic rings. The molecule has 0 atom stereocenters. The maximum absolute atomic E-state index is 10.3. The van der Waals surface area contributed by atoms with Crippen LogP contribution in [0.3, 0.4) is 0 Å². The molecule has 12 heavy (non-hydrogen) atoms. The minimum atomic E-state index is -1.41. The predicted octanol–water partition coefficient (Wildman–Crippen LogP) is 1.13. The van der Waals surface area contributed by atoms with Crippen LogP contribution in [0, 0.1) is 5.92 Å². The maximum atomic E-state index is 10.3. The highest BCUT2D eigenvalue weighted by molar-refractivity contribution is 5.94. The molecule has 0 amide bonds. The first-order valence-electron chi connectivity index (χ1n) is 3.71. The Hall–Kier alpha value is -1.32. The molecule has 0 radical (unpaired) electrons. The van der Waals surface area contributed by atoms with Crippen molar-refractivity contribution in [1.82, 2.24) is 0 Å². The van der Waals surface area contributed by atoms with E-state index < -0.39 is 17.9 Å². The van der Waals surface area contributed by atoms with Gasteiger partial charge in [0.2, 0.25) is 0 Å². The number of hydrogen-bond acceptors (Lipinski definition) is 2. The van der Waals surface area contributed by atoms with Crippen molar-refractivity contribution in [3.05, 3.63) is 12.2 Å². The van der Waals surface area contributed by atoms with E-state index in [4.69, 9.17) is 10.2 Å². The van der Waals surface area contributed by atoms with E-state index in [1.54, 1.807) is 6.08 Å². The van der Waals surface area contributed by atoms with E-state index in [-0.39, 0.29) is 0 Å². The van der Waals surface area contributed by atoms with Crippen LogP contribution in [0.15, 0.2) is 12.2 Å². The molecule has 0 aromatic carbocycles. The van der Waals surface area contributed by atoms with E-state index in [2.05, 4.69) is 0 Å². The van der Waals surface area contributed by atoms with Gasteiger partial charge >= 0.3 is 11.9 Å². The van der Waals surface area contributed by atoms with Crippen LogP contribution in [-0.2, 0) is 9.59 Å². The fourth-order valence-corrected chi connectivity index (χ4v) is 0.669. The van der Waals surface area contributed by atoms with Gasteiger partial charge in [-0.25, -0.2) is 0 Å². The molecule has 0 saturated heterocycles. The van der Waals surface area contributed by atoms with Crippen LogP contribution < -0.4 is 0 Å². The van der Waals surface area contributed by atoms with Crippen molar-refractivity contribution >= 4 is 11.9 Å². The van der Waals surface area contributed by atoms with Gasteiger partial charge in [0, 0.05) is 0 Å². The zero-order valence-corrected chi connectivity index (χ0v) is 6.86. The molecular formula is C8H12O4. The predicted molar refractivity (Wildman–Crippen MR) is 42.8 cm³/mol. The Morgan fingerprint density at radius 3 is 2.17 bits per heavy atom. The fraction of sp³-hybridized carbons (Fsp3) is 0.500. The summed E-state index contributed by atoms with van der Waals surface area (Å²) in [6, 6.07) is 0.